The molecule has 0 amide bonds. The second kappa shape index (κ2) is 6.00. The number of nitrogens with one attached hydrogen (secondary N) is 1. The van der Waals surface area contributed by atoms with Crippen LogP contribution in [0.3, 0.4) is 0 Å². The predicted octanol–water partition coefficient (Wildman–Crippen LogP) is 0.718. The zero-order valence-electron chi connectivity index (χ0n) is 10.1. The van der Waals surface area contributed by atoms with Gasteiger partial charge in [0.1, 0.15) is 5.75 Å². The highest BCUT2D eigenvalue weighted by Gasteiger charge is 2.11. The molecule has 0 aliphatic carbocycles. The van der Waals surface area contributed by atoms with Crippen molar-refractivity contribution in [2.45, 2.75) is 19.1 Å². The monoisotopic (exact) mass is 237 g/mol. The van der Waals surface area contributed by atoms with E-state index in [0.29, 0.717) is 13.2 Å². The molecule has 17 heavy (non-hydrogen) atoms. The van der Waals surface area contributed by atoms with Crippen molar-refractivity contribution < 1.29 is 14.6 Å². The minimum Gasteiger partial charge on any atom is -0.493 e. The second-order valence-electron chi connectivity index (χ2n) is 4.28. The van der Waals surface area contributed by atoms with Crippen LogP contribution in [0.15, 0.2) is 18.2 Å². The van der Waals surface area contributed by atoms with Crippen LogP contribution in [0.5, 0.6) is 5.75 Å². The first-order valence-electron chi connectivity index (χ1n) is 5.92. The van der Waals surface area contributed by atoms with E-state index in [0.717, 1.165) is 25.3 Å². The number of hydrogen-bond donors (Lipinski definition) is 2. The lowest BCUT2D eigenvalue weighted by molar-refractivity contribution is 0.0644. The maximum absolute atomic E-state index is 9.47. The van der Waals surface area contributed by atoms with Gasteiger partial charge in [-0.1, -0.05) is 12.1 Å². The minimum absolute atomic E-state index is 0.366. The van der Waals surface area contributed by atoms with Gasteiger partial charge in [0, 0.05) is 26.6 Å². The van der Waals surface area contributed by atoms with Gasteiger partial charge in [0.25, 0.3) is 0 Å². The summed E-state index contributed by atoms with van der Waals surface area (Å²) in [6.45, 7) is 2.46. The van der Waals surface area contributed by atoms with E-state index in [1.165, 1.54) is 11.1 Å². The Labute approximate surface area is 102 Å². The number of benzene rings is 1. The van der Waals surface area contributed by atoms with E-state index in [1.807, 2.05) is 6.07 Å². The van der Waals surface area contributed by atoms with E-state index in [1.54, 1.807) is 7.11 Å². The van der Waals surface area contributed by atoms with Gasteiger partial charge < -0.3 is 19.9 Å². The molecule has 1 aliphatic rings. The molecule has 0 radical (unpaired) electrons. The van der Waals surface area contributed by atoms with E-state index < -0.39 is 6.10 Å². The SMILES string of the molecule is COCC(O)CNCc1ccc2c(c1)CCO2. The number of methoxy groups -OCH3 is 1. The van der Waals surface area contributed by atoms with Crippen molar-refractivity contribution in [3.05, 3.63) is 29.3 Å². The molecule has 2 rings (SSSR count). The molecule has 0 spiro atoms. The Kier molecular flexibility index (Phi) is 4.36. The Morgan fingerprint density at radius 1 is 1.53 bits per heavy atom. The van der Waals surface area contributed by atoms with Crippen LogP contribution in [-0.2, 0) is 17.7 Å². The Morgan fingerprint density at radius 2 is 2.41 bits per heavy atom. The van der Waals surface area contributed by atoms with Gasteiger partial charge in [-0.05, 0) is 17.2 Å². The van der Waals surface area contributed by atoms with Crippen LogP contribution in [0.2, 0.25) is 0 Å². The summed E-state index contributed by atoms with van der Waals surface area (Å²) in [7, 11) is 1.59. The molecule has 0 fully saturated rings. The molecule has 0 bridgehead atoms. The molecular weight excluding hydrogens is 218 g/mol. The summed E-state index contributed by atoms with van der Waals surface area (Å²) in [4.78, 5) is 0. The van der Waals surface area contributed by atoms with Gasteiger partial charge in [-0.25, -0.2) is 0 Å². The summed E-state index contributed by atoms with van der Waals surface area (Å²) >= 11 is 0. The van der Waals surface area contributed by atoms with Gasteiger partial charge in [-0.2, -0.15) is 0 Å². The maximum Gasteiger partial charge on any atom is 0.122 e. The van der Waals surface area contributed by atoms with Gasteiger partial charge >= 0.3 is 0 Å². The lowest BCUT2D eigenvalue weighted by atomic mass is 10.1. The topological polar surface area (TPSA) is 50.7 Å². The van der Waals surface area contributed by atoms with Crippen LogP contribution in [0.25, 0.3) is 0 Å². The van der Waals surface area contributed by atoms with Crippen LogP contribution in [0.1, 0.15) is 11.1 Å². The molecule has 2 N–H and O–H groups in total. The molecule has 1 aromatic rings. The van der Waals surface area contributed by atoms with E-state index in [4.69, 9.17) is 9.47 Å². The highest BCUT2D eigenvalue weighted by Crippen LogP contribution is 2.25. The van der Waals surface area contributed by atoms with Gasteiger partial charge in [-0.3, -0.25) is 0 Å². The molecule has 1 unspecified atom stereocenters. The van der Waals surface area contributed by atoms with Crippen LogP contribution in [-0.4, -0.2) is 38.1 Å². The largest absolute Gasteiger partial charge is 0.493 e. The molecule has 0 aromatic heterocycles. The first-order chi connectivity index (χ1) is 8.29. The molecule has 0 saturated carbocycles. The predicted molar refractivity (Wildman–Crippen MR) is 65.2 cm³/mol. The van der Waals surface area contributed by atoms with Gasteiger partial charge in [0.2, 0.25) is 0 Å². The third kappa shape index (κ3) is 3.43. The van der Waals surface area contributed by atoms with E-state index >= 15 is 0 Å². The van der Waals surface area contributed by atoms with Crippen molar-refractivity contribution in [2.24, 2.45) is 0 Å². The summed E-state index contributed by atoms with van der Waals surface area (Å²) in [5.74, 6) is 1.01. The number of aliphatic hydroxyl groups is 1. The molecule has 0 saturated heterocycles. The molecule has 1 aliphatic heterocycles. The number of fused-ring (bicyclic) bond motifs is 1. The first kappa shape index (κ1) is 12.4. The molecule has 4 nitrogen and oxygen atoms in total. The Bertz CT molecular complexity index is 368. The molecule has 4 heteroatoms. The molecule has 1 aromatic carbocycles. The quantitative estimate of drug-likeness (QED) is 0.765. The minimum atomic E-state index is -0.447. The van der Waals surface area contributed by atoms with E-state index in [9.17, 15) is 5.11 Å². The van der Waals surface area contributed by atoms with Crippen molar-refractivity contribution in [3.8, 4) is 5.75 Å². The number of hydrogen-bond acceptors (Lipinski definition) is 4. The standard InChI is InChI=1S/C13H19NO3/c1-16-9-12(15)8-14-7-10-2-3-13-11(6-10)4-5-17-13/h2-3,6,12,14-15H,4-5,7-9H2,1H3. The number of ether oxygens (including phenoxy) is 2. The van der Waals surface area contributed by atoms with Crippen molar-refractivity contribution in [2.75, 3.05) is 26.9 Å². The molecule has 94 valence electrons. The lowest BCUT2D eigenvalue weighted by Crippen LogP contribution is -2.29. The Morgan fingerprint density at radius 3 is 3.24 bits per heavy atom. The van der Waals surface area contributed by atoms with E-state index in [-0.39, 0.29) is 0 Å². The molecule has 1 heterocycles. The zero-order valence-corrected chi connectivity index (χ0v) is 10.1. The van der Waals surface area contributed by atoms with Gasteiger partial charge in [0.15, 0.2) is 0 Å². The lowest BCUT2D eigenvalue weighted by Gasteiger charge is -2.11. The van der Waals surface area contributed by atoms with Crippen molar-refractivity contribution in [3.63, 3.8) is 0 Å². The van der Waals surface area contributed by atoms with Crippen LogP contribution < -0.4 is 10.1 Å². The summed E-state index contributed by atoms with van der Waals surface area (Å²) in [5.41, 5.74) is 2.50. The highest BCUT2D eigenvalue weighted by molar-refractivity contribution is 5.39. The highest BCUT2D eigenvalue weighted by atomic mass is 16.5. The average molecular weight is 237 g/mol. The zero-order chi connectivity index (χ0) is 12.1. The van der Waals surface area contributed by atoms with Gasteiger partial charge in [-0.15, -0.1) is 0 Å². The summed E-state index contributed by atoms with van der Waals surface area (Å²) in [6, 6.07) is 6.24. The fraction of sp³-hybridized carbons (Fsp3) is 0.538. The summed E-state index contributed by atoms with van der Waals surface area (Å²) in [6.07, 6.45) is 0.549. The first-order valence-corrected chi connectivity index (χ1v) is 5.92. The Hall–Kier alpha value is -1.10. The van der Waals surface area contributed by atoms with Gasteiger partial charge in [0.05, 0.1) is 19.3 Å². The third-order valence-corrected chi connectivity index (χ3v) is 2.82. The van der Waals surface area contributed by atoms with Crippen LogP contribution >= 0.6 is 0 Å². The molecular formula is C13H19NO3. The normalized spacial score (nSPS) is 15.4. The fourth-order valence-electron chi connectivity index (χ4n) is 1.98. The summed E-state index contributed by atoms with van der Waals surface area (Å²) in [5, 5.41) is 12.7. The number of aliphatic hydroxyl groups excluding tert-OH is 1. The molecule has 1 atom stereocenters. The van der Waals surface area contributed by atoms with Crippen molar-refractivity contribution in [1.82, 2.24) is 5.32 Å². The third-order valence-electron chi connectivity index (χ3n) is 2.82. The van der Waals surface area contributed by atoms with E-state index in [2.05, 4.69) is 17.4 Å². The van der Waals surface area contributed by atoms with Crippen molar-refractivity contribution in [1.29, 1.82) is 0 Å². The fourth-order valence-corrected chi connectivity index (χ4v) is 1.98. The average Bonchev–Trinajstić information content (AvgIpc) is 2.76. The summed E-state index contributed by atoms with van der Waals surface area (Å²) < 4.78 is 10.3. The van der Waals surface area contributed by atoms with Crippen LogP contribution in [0, 0.1) is 0 Å². The number of rotatable bonds is 6. The van der Waals surface area contributed by atoms with Crippen molar-refractivity contribution >= 4 is 0 Å². The van der Waals surface area contributed by atoms with Crippen LogP contribution in [0.4, 0.5) is 0 Å². The maximum atomic E-state index is 9.47. The smallest absolute Gasteiger partial charge is 0.122 e. The second-order valence-corrected chi connectivity index (χ2v) is 4.28. The Balaban J connectivity index is 1.79.